The zero-order valence-electron chi connectivity index (χ0n) is 11.5. The Morgan fingerprint density at radius 3 is 2.56 bits per heavy atom. The van der Waals surface area contributed by atoms with Crippen molar-refractivity contribution in [3.05, 3.63) is 30.3 Å². The van der Waals surface area contributed by atoms with Crippen molar-refractivity contribution >= 4 is 11.8 Å². The lowest BCUT2D eigenvalue weighted by Gasteiger charge is -2.28. The van der Waals surface area contributed by atoms with E-state index >= 15 is 0 Å². The molecule has 1 aromatic carbocycles. The van der Waals surface area contributed by atoms with Gasteiger partial charge in [-0.1, -0.05) is 31.5 Å². The molecule has 0 aliphatic rings. The Morgan fingerprint density at radius 1 is 1.22 bits per heavy atom. The third-order valence-corrected chi connectivity index (χ3v) is 4.19. The molecule has 0 amide bonds. The maximum absolute atomic E-state index is 9.38. The number of nitrogens with one attached hydrogen (secondary N) is 1. The van der Waals surface area contributed by atoms with E-state index in [2.05, 4.69) is 43.4 Å². The van der Waals surface area contributed by atoms with Gasteiger partial charge in [-0.15, -0.1) is 11.8 Å². The zero-order chi connectivity index (χ0) is 13.3. The van der Waals surface area contributed by atoms with E-state index in [4.69, 9.17) is 0 Å². The van der Waals surface area contributed by atoms with Crippen LogP contribution >= 0.6 is 11.8 Å². The molecule has 0 heterocycles. The third kappa shape index (κ3) is 5.89. The van der Waals surface area contributed by atoms with E-state index in [-0.39, 0.29) is 12.1 Å². The summed E-state index contributed by atoms with van der Waals surface area (Å²) in [7, 11) is 0. The van der Waals surface area contributed by atoms with Crippen molar-refractivity contribution < 1.29 is 5.11 Å². The Hall–Kier alpha value is -0.510. The van der Waals surface area contributed by atoms with Crippen LogP contribution in [0.15, 0.2) is 35.2 Å². The van der Waals surface area contributed by atoms with Crippen molar-refractivity contribution in [1.29, 1.82) is 0 Å². The minimum absolute atomic E-state index is 0.105. The smallest absolute Gasteiger partial charge is 0.0610 e. The number of unbranched alkanes of at least 4 members (excludes halogenated alkanes) is 1. The Kier molecular flexibility index (Phi) is 7.40. The fourth-order valence-electron chi connectivity index (χ4n) is 1.97. The molecule has 18 heavy (non-hydrogen) atoms. The number of aliphatic hydroxyl groups excluding tert-OH is 1. The Bertz CT molecular complexity index is 318. The number of benzene rings is 1. The Labute approximate surface area is 115 Å². The third-order valence-electron chi connectivity index (χ3n) is 3.09. The summed E-state index contributed by atoms with van der Waals surface area (Å²) in [4.78, 5) is 1.34. The second kappa shape index (κ2) is 8.57. The summed E-state index contributed by atoms with van der Waals surface area (Å²) in [6.07, 6.45) is 3.39. The summed E-state index contributed by atoms with van der Waals surface area (Å²) in [6.45, 7) is 5.31. The summed E-state index contributed by atoms with van der Waals surface area (Å²) in [5.41, 5.74) is -0.105. The normalized spacial score (nSPS) is 14.4. The molecule has 0 fully saturated rings. The van der Waals surface area contributed by atoms with Gasteiger partial charge < -0.3 is 10.4 Å². The van der Waals surface area contributed by atoms with Gasteiger partial charge in [-0.2, -0.15) is 0 Å². The topological polar surface area (TPSA) is 32.3 Å². The SMILES string of the molecule is CCNC(C)(CO)CCCCSc1ccccc1. The largest absolute Gasteiger partial charge is 0.394 e. The molecule has 0 aromatic heterocycles. The molecule has 0 aliphatic carbocycles. The van der Waals surface area contributed by atoms with Crippen LogP contribution in [0.3, 0.4) is 0 Å². The molecule has 2 N–H and O–H groups in total. The summed E-state index contributed by atoms with van der Waals surface area (Å²) < 4.78 is 0. The van der Waals surface area contributed by atoms with Crippen molar-refractivity contribution in [3.63, 3.8) is 0 Å². The zero-order valence-corrected chi connectivity index (χ0v) is 12.3. The molecule has 0 saturated carbocycles. The first-order valence-electron chi connectivity index (χ1n) is 6.74. The molecule has 0 saturated heterocycles. The van der Waals surface area contributed by atoms with Crippen LogP contribution in [-0.4, -0.2) is 29.5 Å². The average Bonchev–Trinajstić information content (AvgIpc) is 2.40. The van der Waals surface area contributed by atoms with Gasteiger partial charge in [0.05, 0.1) is 6.61 Å². The molecule has 1 atom stereocenters. The van der Waals surface area contributed by atoms with Crippen LogP contribution in [0.4, 0.5) is 0 Å². The lowest BCUT2D eigenvalue weighted by molar-refractivity contribution is 0.165. The molecule has 2 nitrogen and oxygen atoms in total. The summed E-state index contributed by atoms with van der Waals surface area (Å²) in [6, 6.07) is 10.5. The fraction of sp³-hybridized carbons (Fsp3) is 0.600. The molecular formula is C15H25NOS. The van der Waals surface area contributed by atoms with Crippen molar-refractivity contribution in [2.75, 3.05) is 18.9 Å². The molecule has 0 aliphatic heterocycles. The number of thioether (sulfide) groups is 1. The van der Waals surface area contributed by atoms with E-state index in [0.29, 0.717) is 0 Å². The van der Waals surface area contributed by atoms with Crippen molar-refractivity contribution in [2.24, 2.45) is 0 Å². The number of hydrogen-bond acceptors (Lipinski definition) is 3. The van der Waals surface area contributed by atoms with Gasteiger partial charge in [0.2, 0.25) is 0 Å². The maximum atomic E-state index is 9.38. The second-order valence-corrected chi connectivity index (χ2v) is 6.04. The first-order valence-corrected chi connectivity index (χ1v) is 7.72. The van der Waals surface area contributed by atoms with Gasteiger partial charge in [0.25, 0.3) is 0 Å². The lowest BCUT2D eigenvalue weighted by atomic mass is 9.96. The van der Waals surface area contributed by atoms with E-state index in [1.54, 1.807) is 0 Å². The highest BCUT2D eigenvalue weighted by atomic mass is 32.2. The quantitative estimate of drug-likeness (QED) is 0.532. The van der Waals surface area contributed by atoms with Crippen LogP contribution in [0.5, 0.6) is 0 Å². The average molecular weight is 267 g/mol. The van der Waals surface area contributed by atoms with Crippen LogP contribution in [0.2, 0.25) is 0 Å². The van der Waals surface area contributed by atoms with E-state index in [0.717, 1.165) is 25.1 Å². The maximum Gasteiger partial charge on any atom is 0.0610 e. The van der Waals surface area contributed by atoms with Gasteiger partial charge in [0.1, 0.15) is 0 Å². The van der Waals surface area contributed by atoms with Crippen LogP contribution in [0, 0.1) is 0 Å². The van der Waals surface area contributed by atoms with E-state index in [1.807, 2.05) is 17.8 Å². The molecule has 0 radical (unpaired) electrons. The van der Waals surface area contributed by atoms with Crippen LogP contribution < -0.4 is 5.32 Å². The minimum atomic E-state index is -0.105. The van der Waals surface area contributed by atoms with Gasteiger partial charge in [0.15, 0.2) is 0 Å². The highest BCUT2D eigenvalue weighted by Gasteiger charge is 2.20. The van der Waals surface area contributed by atoms with E-state index in [1.165, 1.54) is 11.3 Å². The van der Waals surface area contributed by atoms with E-state index in [9.17, 15) is 5.11 Å². The van der Waals surface area contributed by atoms with Crippen LogP contribution in [0.1, 0.15) is 33.1 Å². The molecule has 1 unspecified atom stereocenters. The molecule has 0 spiro atoms. The lowest BCUT2D eigenvalue weighted by Crippen LogP contribution is -2.45. The van der Waals surface area contributed by atoms with Crippen molar-refractivity contribution in [3.8, 4) is 0 Å². The standard InChI is InChI=1S/C15H25NOS/c1-3-16-15(2,13-17)11-7-8-12-18-14-9-5-4-6-10-14/h4-6,9-10,16-17H,3,7-8,11-13H2,1-2H3. The molecule has 1 aromatic rings. The van der Waals surface area contributed by atoms with Gasteiger partial charge >= 0.3 is 0 Å². The minimum Gasteiger partial charge on any atom is -0.394 e. The second-order valence-electron chi connectivity index (χ2n) is 4.87. The molecular weight excluding hydrogens is 242 g/mol. The molecule has 1 rings (SSSR count). The highest BCUT2D eigenvalue weighted by Crippen LogP contribution is 2.20. The van der Waals surface area contributed by atoms with Crippen molar-refractivity contribution in [2.45, 2.75) is 43.5 Å². The van der Waals surface area contributed by atoms with Gasteiger partial charge in [-0.3, -0.25) is 0 Å². The number of aliphatic hydroxyl groups is 1. The molecule has 3 heteroatoms. The fourth-order valence-corrected chi connectivity index (χ4v) is 2.91. The number of hydrogen-bond donors (Lipinski definition) is 2. The Balaban J connectivity index is 2.15. The Morgan fingerprint density at radius 2 is 1.94 bits per heavy atom. The molecule has 102 valence electrons. The van der Waals surface area contributed by atoms with Crippen LogP contribution in [-0.2, 0) is 0 Å². The van der Waals surface area contributed by atoms with Crippen LogP contribution in [0.25, 0.3) is 0 Å². The van der Waals surface area contributed by atoms with Crippen molar-refractivity contribution in [1.82, 2.24) is 5.32 Å². The molecule has 0 bridgehead atoms. The summed E-state index contributed by atoms with van der Waals surface area (Å²) in [5.74, 6) is 1.15. The number of rotatable bonds is 9. The predicted molar refractivity (Wildman–Crippen MR) is 80.2 cm³/mol. The van der Waals surface area contributed by atoms with Gasteiger partial charge in [0, 0.05) is 10.4 Å². The summed E-state index contributed by atoms with van der Waals surface area (Å²) >= 11 is 1.91. The first-order chi connectivity index (χ1) is 8.70. The highest BCUT2D eigenvalue weighted by molar-refractivity contribution is 7.99. The van der Waals surface area contributed by atoms with Gasteiger partial charge in [-0.25, -0.2) is 0 Å². The van der Waals surface area contributed by atoms with Gasteiger partial charge in [-0.05, 0) is 44.2 Å². The van der Waals surface area contributed by atoms with E-state index < -0.39 is 0 Å². The summed E-state index contributed by atoms with van der Waals surface area (Å²) in [5, 5.41) is 12.7. The predicted octanol–water partition coefficient (Wildman–Crippen LogP) is 3.31. The monoisotopic (exact) mass is 267 g/mol. The first kappa shape index (κ1) is 15.5. The number of likely N-dealkylation sites (N-methyl/N-ethyl adjacent to an activating group) is 1.